The van der Waals surface area contributed by atoms with Gasteiger partial charge in [-0.25, -0.2) is 8.78 Å². The monoisotopic (exact) mass is 280 g/mol. The summed E-state index contributed by atoms with van der Waals surface area (Å²) in [7, 11) is 0. The van der Waals surface area contributed by atoms with Gasteiger partial charge in [-0.15, -0.1) is 0 Å². The maximum Gasteiger partial charge on any atom is 0.287 e. The van der Waals surface area contributed by atoms with Crippen LogP contribution in [0.5, 0.6) is 0 Å². The topological polar surface area (TPSA) is 55.1 Å². The number of hydrogen-bond donors (Lipinski definition) is 1. The van der Waals surface area contributed by atoms with E-state index < -0.39 is 5.92 Å². The number of nitrogens with one attached hydrogen (secondary N) is 1. The zero-order valence-electron chi connectivity index (χ0n) is 10.7. The number of amides is 1. The minimum Gasteiger partial charge on any atom is -0.449 e. The van der Waals surface area contributed by atoms with Gasteiger partial charge in [-0.05, 0) is 25.0 Å². The number of aromatic nitrogens is 1. The van der Waals surface area contributed by atoms with Gasteiger partial charge in [-0.1, -0.05) is 0 Å². The lowest BCUT2D eigenvalue weighted by Crippen LogP contribution is -2.40. The van der Waals surface area contributed by atoms with Gasteiger partial charge < -0.3 is 9.73 Å². The Kier molecular flexibility index (Phi) is 3.16. The normalized spacial score (nSPS) is 19.1. The Morgan fingerprint density at radius 1 is 1.40 bits per heavy atom. The number of alkyl halides is 2. The Labute approximate surface area is 114 Å². The maximum atomic E-state index is 13.0. The van der Waals surface area contributed by atoms with Crippen LogP contribution in [0.1, 0.15) is 36.2 Å². The molecule has 2 heterocycles. The second kappa shape index (κ2) is 4.85. The molecule has 1 N–H and O–H groups in total. The van der Waals surface area contributed by atoms with Crippen molar-refractivity contribution in [1.29, 1.82) is 0 Å². The van der Waals surface area contributed by atoms with Crippen molar-refractivity contribution in [3.05, 3.63) is 30.2 Å². The highest BCUT2D eigenvalue weighted by molar-refractivity contribution is 5.95. The van der Waals surface area contributed by atoms with Crippen LogP contribution in [-0.4, -0.2) is 22.9 Å². The van der Waals surface area contributed by atoms with Gasteiger partial charge >= 0.3 is 0 Å². The van der Waals surface area contributed by atoms with Crippen molar-refractivity contribution >= 4 is 17.0 Å². The molecular formula is C14H14F2N2O2. The summed E-state index contributed by atoms with van der Waals surface area (Å²) in [6.07, 6.45) is 1.83. The van der Waals surface area contributed by atoms with Crippen LogP contribution in [0, 0.1) is 0 Å². The average Bonchev–Trinajstić information content (AvgIpc) is 2.85. The zero-order chi connectivity index (χ0) is 14.2. The van der Waals surface area contributed by atoms with E-state index in [0.717, 1.165) is 0 Å². The first-order valence-electron chi connectivity index (χ1n) is 6.57. The minimum atomic E-state index is -2.59. The third kappa shape index (κ3) is 2.64. The molecule has 0 saturated heterocycles. The fraction of sp³-hybridized carbons (Fsp3) is 0.429. The van der Waals surface area contributed by atoms with E-state index in [2.05, 4.69) is 10.3 Å². The number of rotatable bonds is 2. The summed E-state index contributed by atoms with van der Waals surface area (Å²) in [5.74, 6) is -2.81. The third-order valence-electron chi connectivity index (χ3n) is 3.56. The lowest BCUT2D eigenvalue weighted by Gasteiger charge is -2.28. The van der Waals surface area contributed by atoms with E-state index in [4.69, 9.17) is 4.42 Å². The molecule has 4 nitrogen and oxygen atoms in total. The summed E-state index contributed by atoms with van der Waals surface area (Å²) in [5.41, 5.74) is 1.14. The van der Waals surface area contributed by atoms with Crippen LogP contribution in [0.3, 0.4) is 0 Å². The van der Waals surface area contributed by atoms with E-state index in [9.17, 15) is 13.6 Å². The Balaban J connectivity index is 1.67. The van der Waals surface area contributed by atoms with Gasteiger partial charge in [-0.3, -0.25) is 9.78 Å². The molecule has 6 heteroatoms. The van der Waals surface area contributed by atoms with Crippen LogP contribution in [0.2, 0.25) is 0 Å². The van der Waals surface area contributed by atoms with Crippen LogP contribution in [0.25, 0.3) is 11.1 Å². The predicted octanol–water partition coefficient (Wildman–Crippen LogP) is 3.14. The lowest BCUT2D eigenvalue weighted by atomic mass is 9.92. The SMILES string of the molecule is O=C(NC1CCC(F)(F)CC1)c1cc2ncccc2o1. The quantitative estimate of drug-likeness (QED) is 0.919. The van der Waals surface area contributed by atoms with E-state index in [1.165, 1.54) is 0 Å². The molecule has 0 aliphatic heterocycles. The van der Waals surface area contributed by atoms with E-state index in [1.807, 2.05) is 0 Å². The van der Waals surface area contributed by atoms with Crippen LogP contribution in [-0.2, 0) is 0 Å². The van der Waals surface area contributed by atoms with E-state index in [0.29, 0.717) is 11.1 Å². The van der Waals surface area contributed by atoms with E-state index in [-0.39, 0.29) is 43.4 Å². The minimum absolute atomic E-state index is 0.163. The first kappa shape index (κ1) is 13.0. The van der Waals surface area contributed by atoms with Crippen molar-refractivity contribution in [1.82, 2.24) is 10.3 Å². The van der Waals surface area contributed by atoms with Crippen molar-refractivity contribution in [3.8, 4) is 0 Å². The smallest absolute Gasteiger partial charge is 0.287 e. The number of carbonyl (C=O) groups excluding carboxylic acids is 1. The van der Waals surface area contributed by atoms with Gasteiger partial charge in [0.1, 0.15) is 5.52 Å². The molecule has 0 spiro atoms. The predicted molar refractivity (Wildman–Crippen MR) is 68.7 cm³/mol. The van der Waals surface area contributed by atoms with Crippen LogP contribution in [0.15, 0.2) is 28.8 Å². The molecule has 0 atom stereocenters. The van der Waals surface area contributed by atoms with Crippen LogP contribution >= 0.6 is 0 Å². The lowest BCUT2D eigenvalue weighted by molar-refractivity contribution is -0.0399. The summed E-state index contributed by atoms with van der Waals surface area (Å²) >= 11 is 0. The standard InChI is InChI=1S/C14H14F2N2O2/c15-14(16)5-3-9(4-6-14)18-13(19)12-8-10-11(20-12)2-1-7-17-10/h1-2,7-9H,3-6H2,(H,18,19). The van der Waals surface area contributed by atoms with Gasteiger partial charge in [-0.2, -0.15) is 0 Å². The maximum absolute atomic E-state index is 13.0. The second-order valence-electron chi connectivity index (χ2n) is 5.10. The molecule has 106 valence electrons. The first-order valence-corrected chi connectivity index (χ1v) is 6.57. The van der Waals surface area contributed by atoms with Crippen molar-refractivity contribution < 1.29 is 18.0 Å². The summed E-state index contributed by atoms with van der Waals surface area (Å²) < 4.78 is 31.5. The fourth-order valence-electron chi connectivity index (χ4n) is 2.42. The molecule has 0 unspecified atom stereocenters. The van der Waals surface area contributed by atoms with Crippen molar-refractivity contribution in [3.63, 3.8) is 0 Å². The van der Waals surface area contributed by atoms with Crippen molar-refractivity contribution in [2.24, 2.45) is 0 Å². The molecule has 1 aliphatic rings. The van der Waals surface area contributed by atoms with Gasteiger partial charge in [0.2, 0.25) is 5.92 Å². The van der Waals surface area contributed by atoms with Crippen LogP contribution < -0.4 is 5.32 Å². The average molecular weight is 280 g/mol. The van der Waals surface area contributed by atoms with Gasteiger partial charge in [0.25, 0.3) is 5.91 Å². The summed E-state index contributed by atoms with van der Waals surface area (Å²) in [6, 6.07) is 4.78. The molecular weight excluding hydrogens is 266 g/mol. The highest BCUT2D eigenvalue weighted by Crippen LogP contribution is 2.33. The molecule has 0 aromatic carbocycles. The highest BCUT2D eigenvalue weighted by Gasteiger charge is 2.35. The molecule has 1 fully saturated rings. The third-order valence-corrected chi connectivity index (χ3v) is 3.56. The molecule has 2 aromatic heterocycles. The molecule has 0 radical (unpaired) electrons. The first-order chi connectivity index (χ1) is 9.53. The van der Waals surface area contributed by atoms with Crippen LogP contribution in [0.4, 0.5) is 8.78 Å². The summed E-state index contributed by atoms with van der Waals surface area (Å²) in [5, 5.41) is 2.74. The van der Waals surface area contributed by atoms with E-state index in [1.54, 1.807) is 24.4 Å². The van der Waals surface area contributed by atoms with Gasteiger partial charge in [0.15, 0.2) is 11.3 Å². The number of fused-ring (bicyclic) bond motifs is 1. The molecule has 1 aliphatic carbocycles. The summed E-state index contributed by atoms with van der Waals surface area (Å²) in [4.78, 5) is 16.1. The number of furan rings is 1. The molecule has 20 heavy (non-hydrogen) atoms. The van der Waals surface area contributed by atoms with Crippen molar-refractivity contribution in [2.45, 2.75) is 37.6 Å². The molecule has 1 amide bonds. The Morgan fingerprint density at radius 2 is 2.15 bits per heavy atom. The number of pyridine rings is 1. The zero-order valence-corrected chi connectivity index (χ0v) is 10.7. The summed E-state index contributed by atoms with van der Waals surface area (Å²) in [6.45, 7) is 0. The molecule has 0 bridgehead atoms. The largest absolute Gasteiger partial charge is 0.449 e. The van der Waals surface area contributed by atoms with E-state index >= 15 is 0 Å². The Morgan fingerprint density at radius 3 is 2.85 bits per heavy atom. The number of nitrogens with zero attached hydrogens (tertiary/aromatic N) is 1. The highest BCUT2D eigenvalue weighted by atomic mass is 19.3. The molecule has 3 rings (SSSR count). The number of hydrogen-bond acceptors (Lipinski definition) is 3. The second-order valence-corrected chi connectivity index (χ2v) is 5.10. The number of halogens is 2. The van der Waals surface area contributed by atoms with Gasteiger partial charge in [0.05, 0.1) is 0 Å². The fourth-order valence-corrected chi connectivity index (χ4v) is 2.42. The van der Waals surface area contributed by atoms with Gasteiger partial charge in [0, 0.05) is 31.1 Å². The number of carbonyl (C=O) groups is 1. The van der Waals surface area contributed by atoms with Crippen molar-refractivity contribution in [2.75, 3.05) is 0 Å². The molecule has 1 saturated carbocycles. The Hall–Kier alpha value is -1.98. The Bertz CT molecular complexity index is 596. The molecule has 2 aromatic rings.